The summed E-state index contributed by atoms with van der Waals surface area (Å²) in [7, 11) is 1.71. The molecule has 0 spiro atoms. The van der Waals surface area contributed by atoms with Crippen molar-refractivity contribution in [3.8, 4) is 5.75 Å². The van der Waals surface area contributed by atoms with Gasteiger partial charge in [0.2, 0.25) is 0 Å². The van der Waals surface area contributed by atoms with Gasteiger partial charge in [-0.15, -0.1) is 24.8 Å². The summed E-state index contributed by atoms with van der Waals surface area (Å²) in [5.41, 5.74) is 4.93. The fourth-order valence-corrected chi connectivity index (χ4v) is 6.56. The smallest absolute Gasteiger partial charge is 0.308 e. The zero-order valence-corrected chi connectivity index (χ0v) is 24.5. The summed E-state index contributed by atoms with van der Waals surface area (Å²) in [6.45, 7) is 6.57. The lowest BCUT2D eigenvalue weighted by molar-refractivity contribution is -0.152. The number of nitrogens with one attached hydrogen (secondary N) is 1. The van der Waals surface area contributed by atoms with Crippen LogP contribution in [0.1, 0.15) is 54.4 Å². The Kier molecular flexibility index (Phi) is 10.9. The van der Waals surface area contributed by atoms with Gasteiger partial charge in [0, 0.05) is 36.7 Å². The number of benzene rings is 3. The summed E-state index contributed by atoms with van der Waals surface area (Å²) >= 11 is 0. The van der Waals surface area contributed by atoms with Crippen molar-refractivity contribution in [2.24, 2.45) is 11.8 Å². The van der Waals surface area contributed by atoms with E-state index >= 15 is 0 Å². The minimum atomic E-state index is -0.685. The maximum absolute atomic E-state index is 12.3. The van der Waals surface area contributed by atoms with E-state index < -0.39 is 5.97 Å². The number of ether oxygens (including phenoxy) is 1. The van der Waals surface area contributed by atoms with Crippen molar-refractivity contribution >= 4 is 30.8 Å². The van der Waals surface area contributed by atoms with Crippen LogP contribution in [0.2, 0.25) is 0 Å². The molecule has 6 rings (SSSR count). The number of methoxy groups -OCH3 is 1. The SMILES string of the molecule is COc1ccc(C(C)C)cc1CNC1C2CCN(CC2C(=O)O)[C@H]1C(c1ccccc1)c1ccccc1.Cl.Cl. The summed E-state index contributed by atoms with van der Waals surface area (Å²) < 4.78 is 5.71. The molecule has 3 aliphatic rings. The number of hydrogen-bond acceptors (Lipinski definition) is 4. The fourth-order valence-electron chi connectivity index (χ4n) is 6.56. The summed E-state index contributed by atoms with van der Waals surface area (Å²) in [5.74, 6) is 0.454. The third-order valence-electron chi connectivity index (χ3n) is 8.42. The van der Waals surface area contributed by atoms with E-state index in [1.54, 1.807) is 7.11 Å². The minimum absolute atomic E-state index is 0. The highest BCUT2D eigenvalue weighted by atomic mass is 35.5. The maximum Gasteiger partial charge on any atom is 0.308 e. The molecular formula is C32H40Cl2N2O3. The Morgan fingerprint density at radius 1 is 0.974 bits per heavy atom. The third-order valence-corrected chi connectivity index (χ3v) is 8.42. The Bertz CT molecular complexity index is 1170. The van der Waals surface area contributed by atoms with E-state index in [9.17, 15) is 9.90 Å². The monoisotopic (exact) mass is 570 g/mol. The van der Waals surface area contributed by atoms with E-state index in [2.05, 4.69) is 103 Å². The van der Waals surface area contributed by atoms with E-state index in [1.165, 1.54) is 16.7 Å². The van der Waals surface area contributed by atoms with Crippen molar-refractivity contribution in [1.82, 2.24) is 10.2 Å². The van der Waals surface area contributed by atoms with Crippen LogP contribution in [0.4, 0.5) is 0 Å². The topological polar surface area (TPSA) is 61.8 Å². The van der Waals surface area contributed by atoms with Gasteiger partial charge in [-0.25, -0.2) is 0 Å². The molecular weight excluding hydrogens is 531 g/mol. The average Bonchev–Trinajstić information content (AvgIpc) is 2.93. The zero-order chi connectivity index (χ0) is 25.9. The van der Waals surface area contributed by atoms with Crippen molar-refractivity contribution in [1.29, 1.82) is 0 Å². The van der Waals surface area contributed by atoms with E-state index in [4.69, 9.17) is 4.74 Å². The van der Waals surface area contributed by atoms with Gasteiger partial charge in [-0.2, -0.15) is 0 Å². The molecule has 210 valence electrons. The predicted octanol–water partition coefficient (Wildman–Crippen LogP) is 6.36. The first-order chi connectivity index (χ1) is 18.0. The molecule has 39 heavy (non-hydrogen) atoms. The molecule has 2 N–H and O–H groups in total. The molecule has 2 bridgehead atoms. The lowest BCUT2D eigenvalue weighted by Gasteiger charge is -2.56. The standard InChI is InChI=1S/C32H38N2O3.2ClH/c1-21(2)24-14-15-28(37-3)25(18-24)19-33-30-26-16-17-34(20-27(26)32(35)36)31(30)29(22-10-6-4-7-11-22)23-12-8-5-9-13-23;;/h4-15,18,21,26-27,29-31,33H,16-17,19-20H2,1-3H3,(H,35,36);2*1H/t26?,27?,30?,31-;;/m0../s1. The van der Waals surface area contributed by atoms with Gasteiger partial charge in [-0.3, -0.25) is 9.69 Å². The minimum Gasteiger partial charge on any atom is -0.496 e. The first-order valence-electron chi connectivity index (χ1n) is 13.4. The van der Waals surface area contributed by atoms with E-state index in [0.717, 1.165) is 24.3 Å². The van der Waals surface area contributed by atoms with Crippen molar-refractivity contribution in [2.45, 2.75) is 50.7 Å². The molecule has 3 heterocycles. The molecule has 0 aromatic heterocycles. The van der Waals surface area contributed by atoms with Crippen LogP contribution in [-0.4, -0.2) is 48.3 Å². The number of carboxylic acids is 1. The van der Waals surface area contributed by atoms with Crippen LogP contribution in [0.3, 0.4) is 0 Å². The average molecular weight is 572 g/mol. The lowest BCUT2D eigenvalue weighted by atomic mass is 9.66. The van der Waals surface area contributed by atoms with Crippen molar-refractivity contribution in [3.63, 3.8) is 0 Å². The van der Waals surface area contributed by atoms with Gasteiger partial charge in [0.25, 0.3) is 0 Å². The number of aliphatic carboxylic acids is 1. The van der Waals surface area contributed by atoms with Gasteiger partial charge in [0.05, 0.1) is 13.0 Å². The number of halogens is 2. The normalized spacial score (nSPS) is 23.7. The molecule has 3 aliphatic heterocycles. The predicted molar refractivity (Wildman–Crippen MR) is 162 cm³/mol. The van der Waals surface area contributed by atoms with Crippen molar-refractivity contribution in [2.75, 3.05) is 20.2 Å². The van der Waals surface area contributed by atoms with Gasteiger partial charge in [0.15, 0.2) is 0 Å². The number of carboxylic acid groups (broad SMARTS) is 1. The van der Waals surface area contributed by atoms with E-state index in [1.807, 2.05) is 0 Å². The third kappa shape index (κ3) is 6.44. The van der Waals surface area contributed by atoms with Crippen LogP contribution in [0.5, 0.6) is 5.75 Å². The van der Waals surface area contributed by atoms with Crippen LogP contribution < -0.4 is 10.1 Å². The molecule has 0 amide bonds. The van der Waals surface area contributed by atoms with Gasteiger partial charge in [0.1, 0.15) is 5.75 Å². The highest BCUT2D eigenvalue weighted by Gasteiger charge is 2.52. The zero-order valence-electron chi connectivity index (χ0n) is 22.8. The van der Waals surface area contributed by atoms with Crippen molar-refractivity contribution in [3.05, 3.63) is 101 Å². The van der Waals surface area contributed by atoms with Gasteiger partial charge in [-0.1, -0.05) is 86.6 Å². The molecule has 3 saturated heterocycles. The van der Waals surface area contributed by atoms with Crippen LogP contribution in [0, 0.1) is 11.8 Å². The molecule has 3 aromatic carbocycles. The largest absolute Gasteiger partial charge is 0.496 e. The fraction of sp³-hybridized carbons (Fsp3) is 0.406. The highest BCUT2D eigenvalue weighted by molar-refractivity contribution is 5.85. The summed E-state index contributed by atoms with van der Waals surface area (Å²) in [6.07, 6.45) is 0.893. The molecule has 3 fully saturated rings. The second-order valence-electron chi connectivity index (χ2n) is 10.8. The molecule has 0 radical (unpaired) electrons. The molecule has 7 heteroatoms. The molecule has 5 nitrogen and oxygen atoms in total. The number of nitrogens with zero attached hydrogens (tertiary/aromatic N) is 1. The van der Waals surface area contributed by atoms with Gasteiger partial charge >= 0.3 is 5.97 Å². The second-order valence-corrected chi connectivity index (χ2v) is 10.8. The quantitative estimate of drug-likeness (QED) is 0.313. The second kappa shape index (κ2) is 13.7. The van der Waals surface area contributed by atoms with Gasteiger partial charge < -0.3 is 15.2 Å². The molecule has 3 aromatic rings. The molecule has 0 aliphatic carbocycles. The highest BCUT2D eigenvalue weighted by Crippen LogP contribution is 2.44. The molecule has 5 atom stereocenters. The van der Waals surface area contributed by atoms with E-state index in [-0.39, 0.29) is 54.7 Å². The van der Waals surface area contributed by atoms with Crippen LogP contribution >= 0.6 is 24.8 Å². The number of fused-ring (bicyclic) bond motifs is 3. The maximum atomic E-state index is 12.3. The Hall–Kier alpha value is -2.57. The van der Waals surface area contributed by atoms with Gasteiger partial charge in [-0.05, 0) is 47.6 Å². The summed E-state index contributed by atoms with van der Waals surface area (Å²) in [5, 5.41) is 14.0. The Labute approximate surface area is 244 Å². The Balaban J connectivity index is 0.00000210. The molecule has 0 saturated carbocycles. The van der Waals surface area contributed by atoms with Crippen LogP contribution in [-0.2, 0) is 11.3 Å². The van der Waals surface area contributed by atoms with Crippen LogP contribution in [0.25, 0.3) is 0 Å². The Morgan fingerprint density at radius 2 is 1.59 bits per heavy atom. The summed E-state index contributed by atoms with van der Waals surface area (Å²) in [4.78, 5) is 14.8. The Morgan fingerprint density at radius 3 is 2.13 bits per heavy atom. The molecule has 4 unspecified atom stereocenters. The summed E-state index contributed by atoms with van der Waals surface area (Å²) in [6, 6.07) is 28.0. The number of piperidine rings is 3. The number of carbonyl (C=O) groups is 1. The van der Waals surface area contributed by atoms with E-state index in [0.29, 0.717) is 19.0 Å². The first kappa shape index (κ1) is 31.0. The first-order valence-corrected chi connectivity index (χ1v) is 13.4. The van der Waals surface area contributed by atoms with Crippen LogP contribution in [0.15, 0.2) is 78.9 Å². The lowest BCUT2D eigenvalue weighted by Crippen LogP contribution is -2.68. The number of hydrogen-bond donors (Lipinski definition) is 2. The number of rotatable bonds is 9. The van der Waals surface area contributed by atoms with Crippen molar-refractivity contribution < 1.29 is 14.6 Å².